The smallest absolute Gasteiger partial charge is 0.246 e. The van der Waals surface area contributed by atoms with Gasteiger partial charge in [0, 0.05) is 25.3 Å². The minimum Gasteiger partial charge on any atom is -0.383 e. The summed E-state index contributed by atoms with van der Waals surface area (Å²) < 4.78 is 26.7. The fourth-order valence-corrected chi connectivity index (χ4v) is 4.29. The van der Waals surface area contributed by atoms with Crippen molar-refractivity contribution in [3.05, 3.63) is 18.3 Å². The second-order valence-corrected chi connectivity index (χ2v) is 6.82. The summed E-state index contributed by atoms with van der Waals surface area (Å²) in [6.45, 7) is 7.13. The minimum atomic E-state index is -3.53. The van der Waals surface area contributed by atoms with Gasteiger partial charge in [-0.15, -0.1) is 0 Å². The van der Waals surface area contributed by atoms with Crippen molar-refractivity contribution in [2.24, 2.45) is 0 Å². The van der Waals surface area contributed by atoms with Gasteiger partial charge >= 0.3 is 0 Å². The summed E-state index contributed by atoms with van der Waals surface area (Å²) in [5, 5.41) is 0. The number of nitrogen functional groups attached to an aromatic ring is 1. The van der Waals surface area contributed by atoms with E-state index in [9.17, 15) is 8.42 Å². The van der Waals surface area contributed by atoms with E-state index in [0.29, 0.717) is 13.1 Å². The summed E-state index contributed by atoms with van der Waals surface area (Å²) in [5.74, 6) is 0.0683. The van der Waals surface area contributed by atoms with Crippen molar-refractivity contribution in [2.75, 3.05) is 31.9 Å². The second-order valence-electron chi connectivity index (χ2n) is 4.91. The van der Waals surface area contributed by atoms with Gasteiger partial charge in [0.1, 0.15) is 10.7 Å². The largest absolute Gasteiger partial charge is 0.383 e. The molecule has 1 aromatic heterocycles. The van der Waals surface area contributed by atoms with Gasteiger partial charge < -0.3 is 5.73 Å². The summed E-state index contributed by atoms with van der Waals surface area (Å²) in [4.78, 5) is 6.27. The van der Waals surface area contributed by atoms with Crippen LogP contribution in [0.5, 0.6) is 0 Å². The van der Waals surface area contributed by atoms with E-state index in [1.54, 1.807) is 6.07 Å². The Morgan fingerprint density at radius 2 is 2.15 bits per heavy atom. The van der Waals surface area contributed by atoms with Crippen LogP contribution in [0.2, 0.25) is 0 Å². The van der Waals surface area contributed by atoms with Crippen LogP contribution in [-0.2, 0) is 10.0 Å². The molecule has 0 aromatic carbocycles. The Morgan fingerprint density at radius 1 is 1.45 bits per heavy atom. The number of rotatable bonds is 5. The number of pyridine rings is 1. The zero-order valence-corrected chi connectivity index (χ0v) is 12.8. The third-order valence-electron chi connectivity index (χ3n) is 3.87. The SMILES string of the molecule is CCN(CC)C1CCN(S(=O)(=O)c2cccnc2N)C1. The van der Waals surface area contributed by atoms with E-state index >= 15 is 0 Å². The molecule has 6 nitrogen and oxygen atoms in total. The van der Waals surface area contributed by atoms with Gasteiger partial charge in [-0.1, -0.05) is 13.8 Å². The topological polar surface area (TPSA) is 79.5 Å². The van der Waals surface area contributed by atoms with E-state index < -0.39 is 10.0 Å². The molecule has 1 aromatic rings. The van der Waals surface area contributed by atoms with E-state index in [1.807, 2.05) is 0 Å². The van der Waals surface area contributed by atoms with E-state index in [2.05, 4.69) is 23.7 Å². The molecule has 7 heteroatoms. The van der Waals surface area contributed by atoms with Crippen LogP contribution in [0.4, 0.5) is 5.82 Å². The Balaban J connectivity index is 2.19. The normalized spacial score (nSPS) is 20.6. The lowest BCUT2D eigenvalue weighted by atomic mass is 10.2. The number of aromatic nitrogens is 1. The predicted molar refractivity (Wildman–Crippen MR) is 78.7 cm³/mol. The quantitative estimate of drug-likeness (QED) is 0.868. The number of hydrogen-bond acceptors (Lipinski definition) is 5. The van der Waals surface area contributed by atoms with Crippen LogP contribution in [0.25, 0.3) is 0 Å². The summed E-state index contributed by atoms with van der Waals surface area (Å²) in [5.41, 5.74) is 5.69. The van der Waals surface area contributed by atoms with Crippen LogP contribution in [0.15, 0.2) is 23.2 Å². The molecule has 112 valence electrons. The average molecular weight is 298 g/mol. The molecule has 0 radical (unpaired) electrons. The van der Waals surface area contributed by atoms with Crippen LogP contribution >= 0.6 is 0 Å². The van der Waals surface area contributed by atoms with Crippen LogP contribution in [0.1, 0.15) is 20.3 Å². The molecular weight excluding hydrogens is 276 g/mol. The lowest BCUT2D eigenvalue weighted by Crippen LogP contribution is -2.38. The molecular formula is C13H22N4O2S. The molecule has 1 aliphatic heterocycles. The molecule has 20 heavy (non-hydrogen) atoms. The van der Waals surface area contributed by atoms with E-state index in [1.165, 1.54) is 16.6 Å². The maximum absolute atomic E-state index is 12.6. The summed E-state index contributed by atoms with van der Waals surface area (Å²) in [7, 11) is -3.53. The van der Waals surface area contributed by atoms with Crippen molar-refractivity contribution in [2.45, 2.75) is 31.2 Å². The molecule has 1 atom stereocenters. The highest BCUT2D eigenvalue weighted by molar-refractivity contribution is 7.89. The molecule has 0 aliphatic carbocycles. The molecule has 0 amide bonds. The summed E-state index contributed by atoms with van der Waals surface area (Å²) >= 11 is 0. The van der Waals surface area contributed by atoms with Gasteiger partial charge in [-0.25, -0.2) is 13.4 Å². The Bertz CT molecular complexity index is 557. The minimum absolute atomic E-state index is 0.0683. The van der Waals surface area contributed by atoms with Gasteiger partial charge in [0.2, 0.25) is 10.0 Å². The first-order valence-electron chi connectivity index (χ1n) is 6.95. The monoisotopic (exact) mass is 298 g/mol. The number of likely N-dealkylation sites (N-methyl/N-ethyl adjacent to an activating group) is 1. The second kappa shape index (κ2) is 6.07. The Kier molecular flexibility index (Phi) is 4.62. The molecule has 1 saturated heterocycles. The number of nitrogens with two attached hydrogens (primary N) is 1. The third-order valence-corrected chi connectivity index (χ3v) is 5.78. The van der Waals surface area contributed by atoms with Crippen molar-refractivity contribution >= 4 is 15.8 Å². The molecule has 1 aliphatic rings. The van der Waals surface area contributed by atoms with Gasteiger partial charge in [-0.3, -0.25) is 4.90 Å². The van der Waals surface area contributed by atoms with Gasteiger partial charge in [-0.2, -0.15) is 4.31 Å². The zero-order valence-electron chi connectivity index (χ0n) is 12.0. The van der Waals surface area contributed by atoms with E-state index in [4.69, 9.17) is 5.73 Å². The average Bonchev–Trinajstić information content (AvgIpc) is 2.91. The number of nitrogens with zero attached hydrogens (tertiary/aromatic N) is 3. The van der Waals surface area contributed by atoms with Gasteiger partial charge in [-0.05, 0) is 31.6 Å². The van der Waals surface area contributed by atoms with Gasteiger partial charge in [0.15, 0.2) is 0 Å². The first kappa shape index (κ1) is 15.2. The molecule has 2 N–H and O–H groups in total. The molecule has 0 bridgehead atoms. The molecule has 2 heterocycles. The predicted octanol–water partition coefficient (Wildman–Crippen LogP) is 0.769. The van der Waals surface area contributed by atoms with Crippen molar-refractivity contribution in [3.63, 3.8) is 0 Å². The number of anilines is 1. The standard InChI is InChI=1S/C13H22N4O2S/c1-3-16(4-2)11-7-9-17(10-11)20(18,19)12-6-5-8-15-13(12)14/h5-6,8,11H,3-4,7,9-10H2,1-2H3,(H2,14,15). The van der Waals surface area contributed by atoms with Crippen LogP contribution in [0.3, 0.4) is 0 Å². The van der Waals surface area contributed by atoms with Crippen molar-refractivity contribution in [1.82, 2.24) is 14.2 Å². The maximum Gasteiger partial charge on any atom is 0.246 e. The molecule has 2 rings (SSSR count). The Labute approximate surface area is 120 Å². The highest BCUT2D eigenvalue weighted by atomic mass is 32.2. The van der Waals surface area contributed by atoms with E-state index in [0.717, 1.165) is 19.5 Å². The van der Waals surface area contributed by atoms with E-state index in [-0.39, 0.29) is 16.8 Å². The third kappa shape index (κ3) is 2.79. The molecule has 1 fully saturated rings. The maximum atomic E-state index is 12.6. The number of hydrogen-bond donors (Lipinski definition) is 1. The van der Waals surface area contributed by atoms with Crippen LogP contribution in [-0.4, -0.2) is 54.8 Å². The fourth-order valence-electron chi connectivity index (χ4n) is 2.73. The van der Waals surface area contributed by atoms with Gasteiger partial charge in [0.25, 0.3) is 0 Å². The zero-order chi connectivity index (χ0) is 14.8. The molecule has 0 spiro atoms. The lowest BCUT2D eigenvalue weighted by Gasteiger charge is -2.26. The summed E-state index contributed by atoms with van der Waals surface area (Å²) in [6, 6.07) is 3.40. The highest BCUT2D eigenvalue weighted by Crippen LogP contribution is 2.25. The first-order chi connectivity index (χ1) is 9.50. The molecule has 1 unspecified atom stereocenters. The lowest BCUT2D eigenvalue weighted by molar-refractivity contribution is 0.224. The van der Waals surface area contributed by atoms with Crippen molar-refractivity contribution < 1.29 is 8.42 Å². The van der Waals surface area contributed by atoms with Crippen LogP contribution in [0, 0.1) is 0 Å². The number of sulfonamides is 1. The highest BCUT2D eigenvalue weighted by Gasteiger charge is 2.35. The molecule has 0 saturated carbocycles. The fraction of sp³-hybridized carbons (Fsp3) is 0.615. The van der Waals surface area contributed by atoms with Crippen molar-refractivity contribution in [1.29, 1.82) is 0 Å². The van der Waals surface area contributed by atoms with Crippen LogP contribution < -0.4 is 5.73 Å². The Hall–Kier alpha value is -1.18. The van der Waals surface area contributed by atoms with Gasteiger partial charge in [0.05, 0.1) is 0 Å². The summed E-state index contributed by atoms with van der Waals surface area (Å²) in [6.07, 6.45) is 2.36. The van der Waals surface area contributed by atoms with Crippen molar-refractivity contribution in [3.8, 4) is 0 Å². The Morgan fingerprint density at radius 3 is 2.75 bits per heavy atom. The first-order valence-corrected chi connectivity index (χ1v) is 8.39.